The lowest BCUT2D eigenvalue weighted by atomic mass is 10.1. The molecule has 0 saturated carbocycles. The van der Waals surface area contributed by atoms with Gasteiger partial charge < -0.3 is 15.0 Å². The standard InChI is InChI=1S/C24H28N4O3S/c1-5-28(6-2)19-9-12-21(16(3)13-19)26-22(29)14-18-15-32-24(25-18)27-23(30)17-7-10-20(31-4)11-8-17/h7-13,15H,5-6,14H2,1-4H3,(H,26,29)(H,25,27,30). The number of carbonyl (C=O) groups is 2. The van der Waals surface area contributed by atoms with E-state index in [0.717, 1.165) is 30.0 Å². The molecular weight excluding hydrogens is 424 g/mol. The summed E-state index contributed by atoms with van der Waals surface area (Å²) in [6, 6.07) is 12.9. The Kier molecular flexibility index (Phi) is 7.83. The minimum absolute atomic E-state index is 0.131. The second kappa shape index (κ2) is 10.8. The highest BCUT2D eigenvalue weighted by Crippen LogP contribution is 2.23. The van der Waals surface area contributed by atoms with Gasteiger partial charge in [0.25, 0.3) is 5.91 Å². The number of anilines is 3. The van der Waals surface area contributed by atoms with Gasteiger partial charge in [-0.1, -0.05) is 0 Å². The van der Waals surface area contributed by atoms with Crippen LogP contribution in [0.2, 0.25) is 0 Å². The molecule has 0 aliphatic rings. The highest BCUT2D eigenvalue weighted by atomic mass is 32.1. The van der Waals surface area contributed by atoms with Crippen LogP contribution < -0.4 is 20.3 Å². The molecule has 168 valence electrons. The SMILES string of the molecule is CCN(CC)c1ccc(NC(=O)Cc2csc(NC(=O)c3ccc(OC)cc3)n2)c(C)c1. The van der Waals surface area contributed by atoms with E-state index in [1.165, 1.54) is 11.3 Å². The number of aromatic nitrogens is 1. The van der Waals surface area contributed by atoms with Crippen LogP contribution in [0, 0.1) is 6.92 Å². The molecule has 2 aromatic carbocycles. The lowest BCUT2D eigenvalue weighted by Crippen LogP contribution is -2.22. The maximum Gasteiger partial charge on any atom is 0.257 e. The van der Waals surface area contributed by atoms with E-state index in [0.29, 0.717) is 22.1 Å². The number of methoxy groups -OCH3 is 1. The molecule has 1 aromatic heterocycles. The summed E-state index contributed by atoms with van der Waals surface area (Å²) in [5.41, 5.74) is 4.05. The summed E-state index contributed by atoms with van der Waals surface area (Å²) in [6.07, 6.45) is 0.131. The predicted molar refractivity (Wildman–Crippen MR) is 130 cm³/mol. The van der Waals surface area contributed by atoms with E-state index in [1.54, 1.807) is 36.8 Å². The van der Waals surface area contributed by atoms with Crippen LogP contribution in [0.1, 0.15) is 35.5 Å². The Balaban J connectivity index is 1.58. The van der Waals surface area contributed by atoms with Gasteiger partial charge >= 0.3 is 0 Å². The monoisotopic (exact) mass is 452 g/mol. The van der Waals surface area contributed by atoms with Gasteiger partial charge in [0.1, 0.15) is 5.75 Å². The number of ether oxygens (including phenoxy) is 1. The highest BCUT2D eigenvalue weighted by molar-refractivity contribution is 7.14. The average Bonchev–Trinajstić information content (AvgIpc) is 3.22. The van der Waals surface area contributed by atoms with E-state index >= 15 is 0 Å². The van der Waals surface area contributed by atoms with Gasteiger partial charge in [-0.05, 0) is 68.8 Å². The molecule has 3 rings (SSSR count). The molecule has 0 atom stereocenters. The van der Waals surface area contributed by atoms with Crippen LogP contribution in [0.4, 0.5) is 16.5 Å². The molecule has 1 heterocycles. The molecule has 0 spiro atoms. The molecule has 3 aromatic rings. The zero-order valence-corrected chi connectivity index (χ0v) is 19.6. The van der Waals surface area contributed by atoms with Crippen molar-refractivity contribution in [3.8, 4) is 5.75 Å². The number of hydrogen-bond acceptors (Lipinski definition) is 6. The van der Waals surface area contributed by atoms with Crippen LogP contribution >= 0.6 is 11.3 Å². The second-order valence-corrected chi connectivity index (χ2v) is 8.08. The smallest absolute Gasteiger partial charge is 0.257 e. The number of rotatable bonds is 9. The van der Waals surface area contributed by atoms with Crippen molar-refractivity contribution in [3.05, 3.63) is 64.7 Å². The summed E-state index contributed by atoms with van der Waals surface area (Å²) < 4.78 is 5.10. The Morgan fingerprint density at radius 1 is 1.06 bits per heavy atom. The van der Waals surface area contributed by atoms with Gasteiger partial charge in [-0.25, -0.2) is 4.98 Å². The fourth-order valence-corrected chi connectivity index (χ4v) is 3.99. The molecule has 0 unspecified atom stereocenters. The summed E-state index contributed by atoms with van der Waals surface area (Å²) in [4.78, 5) is 31.5. The summed E-state index contributed by atoms with van der Waals surface area (Å²) >= 11 is 1.29. The van der Waals surface area contributed by atoms with Crippen molar-refractivity contribution in [2.24, 2.45) is 0 Å². The van der Waals surface area contributed by atoms with Crippen LogP contribution in [0.15, 0.2) is 47.8 Å². The third-order valence-corrected chi connectivity index (χ3v) is 5.89. The van der Waals surface area contributed by atoms with Gasteiger partial charge in [0.15, 0.2) is 5.13 Å². The van der Waals surface area contributed by atoms with E-state index in [4.69, 9.17) is 4.74 Å². The van der Waals surface area contributed by atoms with E-state index in [9.17, 15) is 9.59 Å². The van der Waals surface area contributed by atoms with E-state index in [2.05, 4.69) is 40.4 Å². The maximum absolute atomic E-state index is 12.5. The Bertz CT molecular complexity index is 1080. The first-order valence-corrected chi connectivity index (χ1v) is 11.4. The molecule has 0 saturated heterocycles. The minimum atomic E-state index is -0.262. The third-order valence-electron chi connectivity index (χ3n) is 5.08. The van der Waals surface area contributed by atoms with Crippen LogP contribution in [0.25, 0.3) is 0 Å². The number of hydrogen-bond donors (Lipinski definition) is 2. The topological polar surface area (TPSA) is 83.6 Å². The van der Waals surface area contributed by atoms with Crippen molar-refractivity contribution in [1.82, 2.24) is 4.98 Å². The van der Waals surface area contributed by atoms with Gasteiger partial charge in [-0.2, -0.15) is 0 Å². The first kappa shape index (κ1) is 23.3. The molecule has 0 radical (unpaired) electrons. The summed E-state index contributed by atoms with van der Waals surface area (Å²) in [5.74, 6) is 0.269. The second-order valence-electron chi connectivity index (χ2n) is 7.22. The maximum atomic E-state index is 12.5. The van der Waals surface area contributed by atoms with Crippen LogP contribution in [-0.4, -0.2) is 37.0 Å². The van der Waals surface area contributed by atoms with Crippen molar-refractivity contribution in [2.45, 2.75) is 27.2 Å². The number of benzene rings is 2. The Morgan fingerprint density at radius 2 is 1.78 bits per heavy atom. The Morgan fingerprint density at radius 3 is 2.41 bits per heavy atom. The van der Waals surface area contributed by atoms with E-state index in [-0.39, 0.29) is 18.2 Å². The highest BCUT2D eigenvalue weighted by Gasteiger charge is 2.13. The number of aryl methyl sites for hydroxylation is 1. The lowest BCUT2D eigenvalue weighted by Gasteiger charge is -2.22. The van der Waals surface area contributed by atoms with Crippen LogP contribution in [-0.2, 0) is 11.2 Å². The first-order chi connectivity index (χ1) is 15.4. The lowest BCUT2D eigenvalue weighted by molar-refractivity contribution is -0.115. The molecule has 32 heavy (non-hydrogen) atoms. The Labute approximate surface area is 192 Å². The largest absolute Gasteiger partial charge is 0.497 e. The summed E-state index contributed by atoms with van der Waals surface area (Å²) in [5, 5.41) is 7.95. The van der Waals surface area contributed by atoms with Gasteiger partial charge in [0, 0.05) is 35.4 Å². The van der Waals surface area contributed by atoms with E-state index in [1.807, 2.05) is 19.1 Å². The van der Waals surface area contributed by atoms with Gasteiger partial charge in [-0.15, -0.1) is 11.3 Å². The molecule has 7 nitrogen and oxygen atoms in total. The van der Waals surface area contributed by atoms with Gasteiger partial charge in [0.05, 0.1) is 19.2 Å². The minimum Gasteiger partial charge on any atom is -0.497 e. The zero-order chi connectivity index (χ0) is 23.1. The summed E-state index contributed by atoms with van der Waals surface area (Å²) in [6.45, 7) is 8.09. The zero-order valence-electron chi connectivity index (χ0n) is 18.8. The molecule has 0 fully saturated rings. The van der Waals surface area contributed by atoms with Crippen molar-refractivity contribution >= 4 is 39.7 Å². The molecular formula is C24H28N4O3S. The average molecular weight is 453 g/mol. The van der Waals surface area contributed by atoms with Crippen molar-refractivity contribution in [3.63, 3.8) is 0 Å². The fourth-order valence-electron chi connectivity index (χ4n) is 3.29. The van der Waals surface area contributed by atoms with Gasteiger partial charge in [-0.3, -0.25) is 14.9 Å². The third kappa shape index (κ3) is 5.85. The first-order valence-electron chi connectivity index (χ1n) is 10.5. The summed E-state index contributed by atoms with van der Waals surface area (Å²) in [7, 11) is 1.57. The quantitative estimate of drug-likeness (QED) is 0.490. The number of amides is 2. The molecule has 0 aliphatic heterocycles. The van der Waals surface area contributed by atoms with Crippen LogP contribution in [0.3, 0.4) is 0 Å². The van der Waals surface area contributed by atoms with Crippen molar-refractivity contribution in [1.29, 1.82) is 0 Å². The molecule has 2 amide bonds. The van der Waals surface area contributed by atoms with E-state index < -0.39 is 0 Å². The van der Waals surface area contributed by atoms with Crippen molar-refractivity contribution in [2.75, 3.05) is 35.7 Å². The molecule has 0 bridgehead atoms. The predicted octanol–water partition coefficient (Wildman–Crippen LogP) is 4.74. The number of thiazole rings is 1. The van der Waals surface area contributed by atoms with Crippen LogP contribution in [0.5, 0.6) is 5.75 Å². The number of nitrogens with one attached hydrogen (secondary N) is 2. The molecule has 8 heteroatoms. The fraction of sp³-hybridized carbons (Fsp3) is 0.292. The Hall–Kier alpha value is -3.39. The number of carbonyl (C=O) groups excluding carboxylic acids is 2. The molecule has 2 N–H and O–H groups in total. The van der Waals surface area contributed by atoms with Crippen molar-refractivity contribution < 1.29 is 14.3 Å². The van der Waals surface area contributed by atoms with Gasteiger partial charge in [0.2, 0.25) is 5.91 Å². The normalized spacial score (nSPS) is 10.5. The number of nitrogens with zero attached hydrogens (tertiary/aromatic N) is 2. The molecule has 0 aliphatic carbocycles.